The Labute approximate surface area is 158 Å². The molecule has 8 heteroatoms. The van der Waals surface area contributed by atoms with E-state index < -0.39 is 17.5 Å². The molecule has 2 aromatic carbocycles. The quantitative estimate of drug-likeness (QED) is 0.701. The van der Waals surface area contributed by atoms with E-state index >= 15 is 0 Å². The Hall–Kier alpha value is -3.42. The third kappa shape index (κ3) is 4.85. The van der Waals surface area contributed by atoms with Gasteiger partial charge in [-0.25, -0.2) is 17.9 Å². The summed E-state index contributed by atoms with van der Waals surface area (Å²) in [6, 6.07) is 11.3. The fraction of sp³-hybridized carbons (Fsp3) is 0.150. The number of rotatable bonds is 6. The molecule has 0 saturated carbocycles. The largest absolute Gasteiger partial charge is 0.324 e. The van der Waals surface area contributed by atoms with Gasteiger partial charge in [0.15, 0.2) is 0 Å². The van der Waals surface area contributed by atoms with Crippen molar-refractivity contribution in [3.8, 4) is 11.3 Å². The Balaban J connectivity index is 1.62. The third-order valence-corrected chi connectivity index (χ3v) is 3.98. The monoisotopic (exact) mass is 387 g/mol. The summed E-state index contributed by atoms with van der Waals surface area (Å²) < 4.78 is 40.9. The molecular weight excluding hydrogens is 371 g/mol. The summed E-state index contributed by atoms with van der Waals surface area (Å²) in [4.78, 5) is 23.9. The van der Waals surface area contributed by atoms with Crippen LogP contribution in [-0.4, -0.2) is 15.7 Å². The molecule has 3 rings (SSSR count). The lowest BCUT2D eigenvalue weighted by Crippen LogP contribution is -2.23. The normalized spacial score (nSPS) is 10.7. The number of nitrogens with zero attached hydrogens (tertiary/aromatic N) is 2. The number of hydrogen-bond acceptors (Lipinski definition) is 3. The van der Waals surface area contributed by atoms with Crippen LogP contribution in [0.25, 0.3) is 11.3 Å². The van der Waals surface area contributed by atoms with Gasteiger partial charge in [0.25, 0.3) is 5.56 Å². The summed E-state index contributed by atoms with van der Waals surface area (Å²) in [5.41, 5.74) is 0.557. The Morgan fingerprint density at radius 1 is 0.964 bits per heavy atom. The van der Waals surface area contributed by atoms with Gasteiger partial charge in [0.2, 0.25) is 5.91 Å². The lowest BCUT2D eigenvalue weighted by Gasteiger charge is -2.08. The molecule has 144 valence electrons. The number of benzene rings is 2. The van der Waals surface area contributed by atoms with E-state index in [0.717, 1.165) is 18.2 Å². The first-order valence-electron chi connectivity index (χ1n) is 8.51. The zero-order chi connectivity index (χ0) is 20.1. The van der Waals surface area contributed by atoms with Crippen LogP contribution in [-0.2, 0) is 11.3 Å². The van der Waals surface area contributed by atoms with E-state index in [1.165, 1.54) is 28.9 Å². The van der Waals surface area contributed by atoms with E-state index in [4.69, 9.17) is 0 Å². The van der Waals surface area contributed by atoms with E-state index in [0.29, 0.717) is 11.3 Å². The molecule has 1 amide bonds. The molecule has 0 aliphatic rings. The van der Waals surface area contributed by atoms with Crippen LogP contribution < -0.4 is 10.9 Å². The highest BCUT2D eigenvalue weighted by Crippen LogP contribution is 2.17. The third-order valence-electron chi connectivity index (χ3n) is 3.98. The van der Waals surface area contributed by atoms with Gasteiger partial charge in [0.05, 0.1) is 11.4 Å². The molecule has 0 fully saturated rings. The first-order valence-corrected chi connectivity index (χ1v) is 8.51. The fourth-order valence-corrected chi connectivity index (χ4v) is 2.58. The van der Waals surface area contributed by atoms with Crippen molar-refractivity contribution in [2.45, 2.75) is 19.4 Å². The van der Waals surface area contributed by atoms with Crippen LogP contribution in [0, 0.1) is 17.5 Å². The smallest absolute Gasteiger partial charge is 0.266 e. The average molecular weight is 387 g/mol. The van der Waals surface area contributed by atoms with Crippen molar-refractivity contribution in [3.63, 3.8) is 0 Å². The van der Waals surface area contributed by atoms with Crippen molar-refractivity contribution in [2.24, 2.45) is 0 Å². The Morgan fingerprint density at radius 2 is 1.68 bits per heavy atom. The van der Waals surface area contributed by atoms with Gasteiger partial charge in [-0.15, -0.1) is 0 Å². The first-order chi connectivity index (χ1) is 13.4. The number of carbonyl (C=O) groups is 1. The summed E-state index contributed by atoms with van der Waals surface area (Å²) in [7, 11) is 0. The van der Waals surface area contributed by atoms with Crippen molar-refractivity contribution in [1.82, 2.24) is 9.78 Å². The molecule has 28 heavy (non-hydrogen) atoms. The van der Waals surface area contributed by atoms with E-state index in [1.807, 2.05) is 0 Å². The van der Waals surface area contributed by atoms with Gasteiger partial charge in [0, 0.05) is 30.7 Å². The van der Waals surface area contributed by atoms with Crippen LogP contribution in [0.2, 0.25) is 0 Å². The second-order valence-electron chi connectivity index (χ2n) is 6.06. The highest BCUT2D eigenvalue weighted by Gasteiger charge is 2.09. The second kappa shape index (κ2) is 8.51. The minimum Gasteiger partial charge on any atom is -0.324 e. The van der Waals surface area contributed by atoms with Crippen molar-refractivity contribution >= 4 is 11.6 Å². The molecule has 3 aromatic rings. The number of aryl methyl sites for hydroxylation is 1. The zero-order valence-electron chi connectivity index (χ0n) is 14.7. The molecule has 0 bridgehead atoms. The van der Waals surface area contributed by atoms with Gasteiger partial charge in [-0.1, -0.05) is 0 Å². The number of anilines is 1. The van der Waals surface area contributed by atoms with Gasteiger partial charge in [0.1, 0.15) is 17.5 Å². The number of halogens is 3. The maximum atomic E-state index is 13.5. The van der Waals surface area contributed by atoms with Crippen LogP contribution in [0.15, 0.2) is 59.4 Å². The summed E-state index contributed by atoms with van der Waals surface area (Å²) >= 11 is 0. The molecule has 0 spiro atoms. The summed E-state index contributed by atoms with van der Waals surface area (Å²) in [5.74, 6) is -2.28. The maximum Gasteiger partial charge on any atom is 0.266 e. The maximum absolute atomic E-state index is 13.5. The average Bonchev–Trinajstić information content (AvgIpc) is 2.67. The summed E-state index contributed by atoms with van der Waals surface area (Å²) in [6.45, 7) is 0.160. The predicted molar refractivity (Wildman–Crippen MR) is 98.1 cm³/mol. The van der Waals surface area contributed by atoms with Crippen molar-refractivity contribution in [2.75, 3.05) is 5.32 Å². The lowest BCUT2D eigenvalue weighted by atomic mass is 10.1. The molecule has 0 aliphatic carbocycles. The van der Waals surface area contributed by atoms with Gasteiger partial charge >= 0.3 is 0 Å². The van der Waals surface area contributed by atoms with E-state index in [2.05, 4.69) is 10.4 Å². The van der Waals surface area contributed by atoms with Gasteiger partial charge in [-0.3, -0.25) is 9.59 Å². The minimum absolute atomic E-state index is 0.00908. The van der Waals surface area contributed by atoms with Gasteiger partial charge in [-0.2, -0.15) is 5.10 Å². The van der Waals surface area contributed by atoms with Crippen LogP contribution in [0.5, 0.6) is 0 Å². The molecule has 1 heterocycles. The molecule has 1 N–H and O–H groups in total. The summed E-state index contributed by atoms with van der Waals surface area (Å²) in [5, 5.41) is 6.52. The number of nitrogens with one attached hydrogen (secondary N) is 1. The molecule has 5 nitrogen and oxygen atoms in total. The predicted octanol–water partition coefficient (Wildman–Crippen LogP) is 3.75. The van der Waals surface area contributed by atoms with Crippen molar-refractivity contribution < 1.29 is 18.0 Å². The van der Waals surface area contributed by atoms with Gasteiger partial charge < -0.3 is 5.32 Å². The Kier molecular flexibility index (Phi) is 5.88. The first kappa shape index (κ1) is 19.3. The molecule has 1 aromatic heterocycles. The summed E-state index contributed by atoms with van der Waals surface area (Å²) in [6.07, 6.45) is 0.257. The van der Waals surface area contributed by atoms with Crippen molar-refractivity contribution in [1.29, 1.82) is 0 Å². The highest BCUT2D eigenvalue weighted by atomic mass is 19.1. The van der Waals surface area contributed by atoms with Crippen molar-refractivity contribution in [3.05, 3.63) is 82.4 Å². The SMILES string of the molecule is O=C(CCCn1nc(-c2ccc(F)cc2)ccc1=O)Nc1cc(F)ccc1F. The van der Waals surface area contributed by atoms with E-state index in [-0.39, 0.29) is 36.5 Å². The Morgan fingerprint density at radius 3 is 2.43 bits per heavy atom. The zero-order valence-corrected chi connectivity index (χ0v) is 14.7. The van der Waals surface area contributed by atoms with Crippen LogP contribution in [0.4, 0.5) is 18.9 Å². The van der Waals surface area contributed by atoms with Crippen LogP contribution in [0.3, 0.4) is 0 Å². The molecular formula is C20H16F3N3O2. The molecule has 0 unspecified atom stereocenters. The molecule has 0 aliphatic heterocycles. The molecule has 0 atom stereocenters. The van der Waals surface area contributed by atoms with Crippen LogP contribution >= 0.6 is 0 Å². The number of carbonyl (C=O) groups excluding carboxylic acids is 1. The fourth-order valence-electron chi connectivity index (χ4n) is 2.58. The molecule has 0 radical (unpaired) electrons. The Bertz CT molecular complexity index is 1050. The lowest BCUT2D eigenvalue weighted by molar-refractivity contribution is -0.116. The number of hydrogen-bond donors (Lipinski definition) is 1. The molecule has 0 saturated heterocycles. The highest BCUT2D eigenvalue weighted by molar-refractivity contribution is 5.90. The van der Waals surface area contributed by atoms with E-state index in [1.54, 1.807) is 12.1 Å². The topological polar surface area (TPSA) is 64.0 Å². The van der Waals surface area contributed by atoms with E-state index in [9.17, 15) is 22.8 Å². The van der Waals surface area contributed by atoms with Crippen LogP contribution in [0.1, 0.15) is 12.8 Å². The van der Waals surface area contributed by atoms with Gasteiger partial charge in [-0.05, 0) is 48.9 Å². The second-order valence-corrected chi connectivity index (χ2v) is 6.06. The number of aromatic nitrogens is 2. The standard InChI is InChI=1S/C20H16F3N3O2/c21-14-5-3-13(4-6-14)17-9-10-20(28)26(25-17)11-1-2-19(27)24-18-12-15(22)7-8-16(18)23/h3-10,12H,1-2,11H2,(H,24,27). The minimum atomic E-state index is -0.736. The number of amides is 1.